The third kappa shape index (κ3) is 4.16. The average molecular weight is 417 g/mol. The molecule has 7 heteroatoms. The number of benzene rings is 2. The molecule has 0 aromatic heterocycles. The van der Waals surface area contributed by atoms with Crippen molar-refractivity contribution in [3.63, 3.8) is 0 Å². The normalized spacial score (nSPS) is 13.9. The second kappa shape index (κ2) is 8.16. The van der Waals surface area contributed by atoms with Crippen LogP contribution in [0.1, 0.15) is 34.2 Å². The van der Waals surface area contributed by atoms with Gasteiger partial charge in [0.05, 0.1) is 10.6 Å². The van der Waals surface area contributed by atoms with Crippen molar-refractivity contribution in [1.29, 1.82) is 0 Å². The van der Waals surface area contributed by atoms with Gasteiger partial charge in [-0.1, -0.05) is 12.1 Å². The van der Waals surface area contributed by atoms with Crippen molar-refractivity contribution in [1.82, 2.24) is 0 Å². The molecule has 0 atom stereocenters. The van der Waals surface area contributed by atoms with E-state index in [0.717, 1.165) is 46.3 Å². The van der Waals surface area contributed by atoms with Crippen LogP contribution in [0, 0.1) is 27.7 Å². The van der Waals surface area contributed by atoms with E-state index in [4.69, 9.17) is 4.74 Å². The number of fused-ring (bicyclic) bond motifs is 1. The summed E-state index contributed by atoms with van der Waals surface area (Å²) in [7, 11) is -2.28. The van der Waals surface area contributed by atoms with Crippen molar-refractivity contribution in [2.45, 2.75) is 45.4 Å². The van der Waals surface area contributed by atoms with Crippen LogP contribution in [0.5, 0.6) is 0 Å². The Hall–Kier alpha value is -2.38. The van der Waals surface area contributed by atoms with E-state index >= 15 is 0 Å². The fourth-order valence-electron chi connectivity index (χ4n) is 3.89. The van der Waals surface area contributed by atoms with Crippen LogP contribution < -0.4 is 9.62 Å². The molecule has 2 aromatic carbocycles. The van der Waals surface area contributed by atoms with Gasteiger partial charge in [-0.15, -0.1) is 0 Å². The summed E-state index contributed by atoms with van der Waals surface area (Å²) in [6.07, 6.45) is 1.73. The smallest absolute Gasteiger partial charge is 0.262 e. The molecule has 1 amide bonds. The molecule has 0 fully saturated rings. The van der Waals surface area contributed by atoms with Gasteiger partial charge in [-0.25, -0.2) is 8.42 Å². The first-order valence-corrected chi connectivity index (χ1v) is 11.2. The summed E-state index contributed by atoms with van der Waals surface area (Å²) in [5, 5.41) is 0. The highest BCUT2D eigenvalue weighted by atomic mass is 32.2. The molecule has 3 rings (SSSR count). The Morgan fingerprint density at radius 1 is 1.10 bits per heavy atom. The topological polar surface area (TPSA) is 75.7 Å². The second-order valence-corrected chi connectivity index (χ2v) is 9.24. The van der Waals surface area contributed by atoms with Gasteiger partial charge in [-0.2, -0.15) is 0 Å². The first kappa shape index (κ1) is 21.3. The lowest BCUT2D eigenvalue weighted by atomic mass is 10.0. The van der Waals surface area contributed by atoms with Crippen LogP contribution >= 0.6 is 0 Å². The van der Waals surface area contributed by atoms with Gasteiger partial charge < -0.3 is 9.64 Å². The minimum Gasteiger partial charge on any atom is -0.375 e. The molecular formula is C22H28N2O4S. The van der Waals surface area contributed by atoms with E-state index in [-0.39, 0.29) is 12.5 Å². The van der Waals surface area contributed by atoms with Gasteiger partial charge in [0.15, 0.2) is 0 Å². The number of carbonyl (C=O) groups is 1. The number of anilines is 2. The maximum atomic E-state index is 13.2. The Morgan fingerprint density at radius 2 is 1.76 bits per heavy atom. The van der Waals surface area contributed by atoms with Gasteiger partial charge in [0, 0.05) is 19.3 Å². The Morgan fingerprint density at radius 3 is 2.38 bits per heavy atom. The predicted molar refractivity (Wildman–Crippen MR) is 115 cm³/mol. The molecule has 1 aliphatic heterocycles. The molecule has 0 unspecified atom stereocenters. The molecule has 0 saturated heterocycles. The standard InChI is InChI=1S/C22H28N2O4S/c1-14-11-15(2)17(4)22(16(14)3)29(26,27)23-19-9-8-18-7-6-10-24(20(18)12-19)21(25)13-28-5/h8-9,11-12,23H,6-7,10,13H2,1-5H3. The largest absolute Gasteiger partial charge is 0.375 e. The molecule has 1 aliphatic rings. The number of ether oxygens (including phenoxy) is 1. The first-order chi connectivity index (χ1) is 13.7. The fraction of sp³-hybridized carbons (Fsp3) is 0.409. The molecule has 1 N–H and O–H groups in total. The Kier molecular flexibility index (Phi) is 6.00. The summed E-state index contributed by atoms with van der Waals surface area (Å²) in [6, 6.07) is 7.39. The minimum atomic E-state index is -3.77. The maximum Gasteiger partial charge on any atom is 0.262 e. The number of amides is 1. The lowest BCUT2D eigenvalue weighted by molar-refractivity contribution is -0.122. The van der Waals surface area contributed by atoms with E-state index in [0.29, 0.717) is 17.1 Å². The van der Waals surface area contributed by atoms with Crippen molar-refractivity contribution in [3.05, 3.63) is 52.1 Å². The zero-order chi connectivity index (χ0) is 21.3. The van der Waals surface area contributed by atoms with Gasteiger partial charge in [-0.05, 0) is 80.5 Å². The van der Waals surface area contributed by atoms with E-state index in [9.17, 15) is 13.2 Å². The molecule has 2 aromatic rings. The van der Waals surface area contributed by atoms with Gasteiger partial charge in [-0.3, -0.25) is 9.52 Å². The lowest BCUT2D eigenvalue weighted by Crippen LogP contribution is -2.37. The van der Waals surface area contributed by atoms with Crippen molar-refractivity contribution in [2.75, 3.05) is 29.9 Å². The van der Waals surface area contributed by atoms with E-state index < -0.39 is 10.0 Å². The number of hydrogen-bond donors (Lipinski definition) is 1. The number of carbonyl (C=O) groups excluding carboxylic acids is 1. The van der Waals surface area contributed by atoms with E-state index in [1.165, 1.54) is 7.11 Å². The highest BCUT2D eigenvalue weighted by molar-refractivity contribution is 7.92. The number of rotatable bonds is 5. The van der Waals surface area contributed by atoms with E-state index in [2.05, 4.69) is 4.72 Å². The van der Waals surface area contributed by atoms with Gasteiger partial charge in [0.1, 0.15) is 6.61 Å². The van der Waals surface area contributed by atoms with Crippen LogP contribution in [0.2, 0.25) is 0 Å². The number of nitrogens with one attached hydrogen (secondary N) is 1. The SMILES string of the molecule is COCC(=O)N1CCCc2ccc(NS(=O)(=O)c3c(C)c(C)cc(C)c3C)cc21. The molecule has 1 heterocycles. The summed E-state index contributed by atoms with van der Waals surface area (Å²) in [5.41, 5.74) is 5.59. The highest BCUT2D eigenvalue weighted by Gasteiger charge is 2.25. The molecule has 156 valence electrons. The summed E-state index contributed by atoms with van der Waals surface area (Å²) >= 11 is 0. The minimum absolute atomic E-state index is 0.00362. The number of aryl methyl sites for hydroxylation is 3. The van der Waals surface area contributed by atoms with Gasteiger partial charge in [0.2, 0.25) is 0 Å². The first-order valence-electron chi connectivity index (χ1n) is 9.68. The zero-order valence-corrected chi connectivity index (χ0v) is 18.4. The Labute approximate surface area is 172 Å². The molecule has 29 heavy (non-hydrogen) atoms. The summed E-state index contributed by atoms with van der Waals surface area (Å²) in [4.78, 5) is 14.4. The van der Waals surface area contributed by atoms with E-state index in [1.54, 1.807) is 17.0 Å². The third-order valence-corrected chi connectivity index (χ3v) is 7.25. The zero-order valence-electron chi connectivity index (χ0n) is 17.6. The molecule has 0 saturated carbocycles. The fourth-order valence-corrected chi connectivity index (χ4v) is 5.56. The summed E-state index contributed by atoms with van der Waals surface area (Å²) in [6.45, 7) is 8.08. The van der Waals surface area contributed by atoms with Crippen LogP contribution in [-0.4, -0.2) is 34.6 Å². The highest BCUT2D eigenvalue weighted by Crippen LogP contribution is 2.32. The van der Waals surface area contributed by atoms with Crippen molar-refractivity contribution >= 4 is 27.3 Å². The second-order valence-electron chi connectivity index (χ2n) is 7.62. The van der Waals surface area contributed by atoms with E-state index in [1.807, 2.05) is 39.8 Å². The Bertz CT molecular complexity index is 1030. The van der Waals surface area contributed by atoms with Crippen LogP contribution in [-0.2, 0) is 26.0 Å². The summed E-state index contributed by atoms with van der Waals surface area (Å²) < 4.78 is 34.1. The molecular weight excluding hydrogens is 388 g/mol. The van der Waals surface area contributed by atoms with Crippen molar-refractivity contribution in [3.8, 4) is 0 Å². The predicted octanol–water partition coefficient (Wildman–Crippen LogP) is 3.65. The monoisotopic (exact) mass is 416 g/mol. The lowest BCUT2D eigenvalue weighted by Gasteiger charge is -2.30. The van der Waals surface area contributed by atoms with Crippen LogP contribution in [0.4, 0.5) is 11.4 Å². The van der Waals surface area contributed by atoms with Crippen LogP contribution in [0.25, 0.3) is 0 Å². The number of hydrogen-bond acceptors (Lipinski definition) is 4. The molecule has 0 bridgehead atoms. The van der Waals surface area contributed by atoms with Crippen LogP contribution in [0.3, 0.4) is 0 Å². The quantitative estimate of drug-likeness (QED) is 0.807. The molecule has 0 radical (unpaired) electrons. The van der Waals surface area contributed by atoms with Crippen LogP contribution in [0.15, 0.2) is 29.2 Å². The Balaban J connectivity index is 2.00. The van der Waals surface area contributed by atoms with Gasteiger partial charge >= 0.3 is 0 Å². The third-order valence-electron chi connectivity index (χ3n) is 5.59. The molecule has 0 aliphatic carbocycles. The molecule has 6 nitrogen and oxygen atoms in total. The average Bonchev–Trinajstić information content (AvgIpc) is 2.65. The van der Waals surface area contributed by atoms with Gasteiger partial charge in [0.25, 0.3) is 15.9 Å². The van der Waals surface area contributed by atoms with Crippen molar-refractivity contribution < 1.29 is 17.9 Å². The number of methoxy groups -OCH3 is 1. The number of sulfonamides is 1. The maximum absolute atomic E-state index is 13.2. The summed E-state index contributed by atoms with van der Waals surface area (Å²) in [5.74, 6) is -0.130. The van der Waals surface area contributed by atoms with Crippen molar-refractivity contribution in [2.24, 2.45) is 0 Å². The number of nitrogens with zero attached hydrogens (tertiary/aromatic N) is 1. The molecule has 0 spiro atoms.